The molecule has 11 aromatic rings. The Balaban J connectivity index is 1.24. The molecule has 3 aliphatic heterocycles. The monoisotopic (exact) mass is 758 g/mol. The van der Waals surface area contributed by atoms with Crippen LogP contribution in [0, 0.1) is 13.8 Å². The molecule has 1 spiro atoms. The number of aromatic nitrogens is 2. The lowest BCUT2D eigenvalue weighted by molar-refractivity contribution is 0.749. The maximum Gasteiger partial charge on any atom is 0.253 e. The Kier molecular flexibility index (Phi) is 5.60. The third-order valence-corrected chi connectivity index (χ3v) is 14.9. The van der Waals surface area contributed by atoms with Gasteiger partial charge in [0.05, 0.1) is 22.1 Å². The SMILES string of the molecule is Cc1ccc2c3c1c1c(C)ccc4c1n3-c1c(ccc3c1B2c1c2ccccc2cc2c(-c5ccccc5)c(-c5ccccc5)n-3c12)C41c2ccccc2-c2ccccc21. The molecule has 0 saturated carbocycles. The molecule has 0 atom stereocenters. The molecule has 5 heterocycles. The first-order valence-electron chi connectivity index (χ1n) is 21.3. The molecule has 0 saturated heterocycles. The first kappa shape index (κ1) is 31.6. The Morgan fingerprint density at radius 2 is 1.07 bits per heavy atom. The molecule has 4 aliphatic rings. The van der Waals surface area contributed by atoms with E-state index in [0.717, 1.165) is 0 Å². The van der Waals surface area contributed by atoms with Crippen LogP contribution in [0.25, 0.3) is 88.4 Å². The summed E-state index contributed by atoms with van der Waals surface area (Å²) in [5.74, 6) is 0. The minimum atomic E-state index is -0.494. The fourth-order valence-corrected chi connectivity index (χ4v) is 12.9. The first-order valence-corrected chi connectivity index (χ1v) is 21.3. The van der Waals surface area contributed by atoms with Crippen molar-refractivity contribution in [1.82, 2.24) is 9.13 Å². The zero-order chi connectivity index (χ0) is 39.2. The molecule has 2 nitrogen and oxygen atoms in total. The van der Waals surface area contributed by atoms with Crippen LogP contribution >= 0.6 is 0 Å². The molecule has 60 heavy (non-hydrogen) atoms. The number of benzene rings is 9. The van der Waals surface area contributed by atoms with Crippen molar-refractivity contribution in [2.45, 2.75) is 19.3 Å². The molecule has 9 aromatic carbocycles. The van der Waals surface area contributed by atoms with Crippen LogP contribution in [0.15, 0.2) is 176 Å². The highest BCUT2D eigenvalue weighted by atomic mass is 15.1. The number of nitrogens with zero attached hydrogens (tertiary/aromatic N) is 2. The summed E-state index contributed by atoms with van der Waals surface area (Å²) in [5, 5.41) is 6.70. The molecule has 276 valence electrons. The van der Waals surface area contributed by atoms with Crippen molar-refractivity contribution < 1.29 is 0 Å². The van der Waals surface area contributed by atoms with Crippen molar-refractivity contribution in [3.05, 3.63) is 209 Å². The average Bonchev–Trinajstić information content (AvgIpc) is 3.94. The summed E-state index contributed by atoms with van der Waals surface area (Å²) < 4.78 is 5.42. The van der Waals surface area contributed by atoms with Crippen molar-refractivity contribution in [2.24, 2.45) is 0 Å². The van der Waals surface area contributed by atoms with Crippen LogP contribution in [0.1, 0.15) is 33.4 Å². The summed E-state index contributed by atoms with van der Waals surface area (Å²) in [4.78, 5) is 0. The van der Waals surface area contributed by atoms with E-state index in [4.69, 9.17) is 0 Å². The first-order chi connectivity index (χ1) is 29.7. The van der Waals surface area contributed by atoms with E-state index in [9.17, 15) is 0 Å². The number of aryl methyl sites for hydroxylation is 2. The lowest BCUT2D eigenvalue weighted by atomic mass is 9.33. The predicted molar refractivity (Wildman–Crippen MR) is 251 cm³/mol. The molecule has 0 N–H and O–H groups in total. The Hall–Kier alpha value is -7.36. The van der Waals surface area contributed by atoms with E-state index in [1.807, 2.05) is 0 Å². The lowest BCUT2D eigenvalue weighted by Gasteiger charge is -2.44. The summed E-state index contributed by atoms with van der Waals surface area (Å²) in [6, 6.07) is 67.2. The lowest BCUT2D eigenvalue weighted by Crippen LogP contribution is -2.60. The van der Waals surface area contributed by atoms with Gasteiger partial charge in [0.25, 0.3) is 6.71 Å². The Morgan fingerprint density at radius 1 is 0.450 bits per heavy atom. The van der Waals surface area contributed by atoms with Crippen LogP contribution in [0.4, 0.5) is 0 Å². The van der Waals surface area contributed by atoms with Crippen molar-refractivity contribution in [1.29, 1.82) is 0 Å². The van der Waals surface area contributed by atoms with Gasteiger partial charge in [-0.3, -0.25) is 0 Å². The number of fused-ring (bicyclic) bond motifs is 13. The Morgan fingerprint density at radius 3 is 1.82 bits per heavy atom. The highest BCUT2D eigenvalue weighted by Crippen LogP contribution is 2.62. The van der Waals surface area contributed by atoms with Gasteiger partial charge in [0.1, 0.15) is 0 Å². The molecule has 0 fully saturated rings. The summed E-state index contributed by atoms with van der Waals surface area (Å²) in [6.45, 7) is 4.68. The van der Waals surface area contributed by atoms with Crippen molar-refractivity contribution in [3.8, 4) is 44.9 Å². The van der Waals surface area contributed by atoms with Gasteiger partial charge in [-0.25, -0.2) is 0 Å². The van der Waals surface area contributed by atoms with E-state index in [0.29, 0.717) is 0 Å². The molecular formula is C57H35BN2. The predicted octanol–water partition coefficient (Wildman–Crippen LogP) is 11.7. The molecule has 2 aromatic heterocycles. The van der Waals surface area contributed by atoms with Crippen molar-refractivity contribution in [3.63, 3.8) is 0 Å². The molecule has 15 rings (SSSR count). The highest BCUT2D eigenvalue weighted by molar-refractivity contribution is 7.01. The van der Waals surface area contributed by atoms with Crippen molar-refractivity contribution >= 4 is 66.6 Å². The van der Waals surface area contributed by atoms with Gasteiger partial charge in [-0.05, 0) is 109 Å². The Bertz CT molecular complexity index is 3750. The second kappa shape index (κ2) is 10.6. The van der Waals surface area contributed by atoms with Crippen LogP contribution < -0.4 is 16.4 Å². The maximum absolute atomic E-state index is 2.74. The summed E-state index contributed by atoms with van der Waals surface area (Å²) >= 11 is 0. The standard InChI is InChI=1S/C57H35BN2/c1-32-25-27-43-54-47(32)48-33(2)26-29-45-56(48)60(54)55-44(57(43)41-23-13-11-21-38(41)39-22-12-14-24-42(39)57)28-30-46-51(55)58(45)50-37-20-10-9-19-36(37)31-40-49(34-15-5-3-6-16-34)52(59(46)53(40)50)35-17-7-4-8-18-35/h3-31H,1-2H3. The van der Waals surface area contributed by atoms with E-state index in [-0.39, 0.29) is 6.71 Å². The van der Waals surface area contributed by atoms with Crippen LogP contribution in [-0.2, 0) is 5.41 Å². The molecular weight excluding hydrogens is 723 g/mol. The van der Waals surface area contributed by atoms with Gasteiger partial charge in [0, 0.05) is 38.6 Å². The van der Waals surface area contributed by atoms with E-state index in [1.54, 1.807) is 0 Å². The molecule has 0 bridgehead atoms. The van der Waals surface area contributed by atoms with Gasteiger partial charge >= 0.3 is 0 Å². The van der Waals surface area contributed by atoms with Crippen LogP contribution in [0.5, 0.6) is 0 Å². The van der Waals surface area contributed by atoms with Gasteiger partial charge in [-0.2, -0.15) is 0 Å². The third kappa shape index (κ3) is 3.36. The summed E-state index contributed by atoms with van der Waals surface area (Å²) in [6.07, 6.45) is 0. The quantitative estimate of drug-likeness (QED) is 0.155. The van der Waals surface area contributed by atoms with Crippen LogP contribution in [0.2, 0.25) is 0 Å². The molecule has 0 amide bonds. The minimum Gasteiger partial charge on any atom is -0.310 e. The Labute approximate surface area is 347 Å². The minimum absolute atomic E-state index is 0.0175. The normalized spacial score (nSPS) is 14.3. The third-order valence-electron chi connectivity index (χ3n) is 14.9. The van der Waals surface area contributed by atoms with Gasteiger partial charge in [0.2, 0.25) is 0 Å². The van der Waals surface area contributed by atoms with Crippen molar-refractivity contribution in [2.75, 3.05) is 0 Å². The average molecular weight is 759 g/mol. The summed E-state index contributed by atoms with van der Waals surface area (Å²) in [7, 11) is 0. The van der Waals surface area contributed by atoms with Crippen LogP contribution in [-0.4, -0.2) is 15.8 Å². The van der Waals surface area contributed by atoms with Gasteiger partial charge in [-0.1, -0.05) is 164 Å². The highest BCUT2D eigenvalue weighted by Gasteiger charge is 2.54. The van der Waals surface area contributed by atoms with E-state index >= 15 is 0 Å². The second-order valence-electron chi connectivity index (χ2n) is 17.6. The molecule has 0 unspecified atom stereocenters. The van der Waals surface area contributed by atoms with Crippen LogP contribution in [0.3, 0.4) is 0 Å². The zero-order valence-electron chi connectivity index (χ0n) is 33.2. The fourth-order valence-electron chi connectivity index (χ4n) is 12.9. The number of hydrogen-bond acceptors (Lipinski definition) is 0. The maximum atomic E-state index is 2.74. The largest absolute Gasteiger partial charge is 0.310 e. The van der Waals surface area contributed by atoms with Gasteiger partial charge in [-0.15, -0.1) is 0 Å². The fraction of sp³-hybridized carbons (Fsp3) is 0.0526. The van der Waals surface area contributed by atoms with Gasteiger partial charge in [0.15, 0.2) is 0 Å². The smallest absolute Gasteiger partial charge is 0.253 e. The second-order valence-corrected chi connectivity index (χ2v) is 17.6. The van der Waals surface area contributed by atoms with E-state index in [2.05, 4.69) is 199 Å². The van der Waals surface area contributed by atoms with E-state index < -0.39 is 5.41 Å². The molecule has 1 aliphatic carbocycles. The molecule has 0 radical (unpaired) electrons. The van der Waals surface area contributed by atoms with Gasteiger partial charge < -0.3 is 9.13 Å². The molecule has 3 heteroatoms. The zero-order valence-corrected chi connectivity index (χ0v) is 33.2. The summed E-state index contributed by atoms with van der Waals surface area (Å²) in [5.41, 5.74) is 26.3. The van der Waals surface area contributed by atoms with E-state index in [1.165, 1.54) is 138 Å². The topological polar surface area (TPSA) is 9.86 Å². The number of rotatable bonds is 2. The number of hydrogen-bond donors (Lipinski definition) is 0.